The molecule has 0 aliphatic carbocycles. The summed E-state index contributed by atoms with van der Waals surface area (Å²) < 4.78 is 27.2. The Bertz CT molecular complexity index is 612. The normalized spacial score (nSPS) is 15.6. The van der Waals surface area contributed by atoms with Gasteiger partial charge >= 0.3 is 0 Å². The highest BCUT2D eigenvalue weighted by Crippen LogP contribution is 2.22. The fourth-order valence-corrected chi connectivity index (χ4v) is 3.70. The molecule has 0 radical (unpaired) electrons. The molecule has 0 spiro atoms. The first-order valence-corrected chi connectivity index (χ1v) is 8.50. The summed E-state index contributed by atoms with van der Waals surface area (Å²) in [5, 5.41) is 0. The van der Waals surface area contributed by atoms with Gasteiger partial charge < -0.3 is 10.6 Å². The van der Waals surface area contributed by atoms with Gasteiger partial charge in [0.15, 0.2) is 0 Å². The minimum absolute atomic E-state index is 0.0268. The number of sulfonamides is 1. The smallest absolute Gasteiger partial charge is 0.243 e. The number of nitrogens with one attached hydrogen (secondary N) is 1. The first-order chi connectivity index (χ1) is 9.40. The lowest BCUT2D eigenvalue weighted by Crippen LogP contribution is -2.38. The Kier molecular flexibility index (Phi) is 4.66. The topological polar surface area (TPSA) is 92.5 Å². The van der Waals surface area contributed by atoms with Crippen molar-refractivity contribution in [2.24, 2.45) is 0 Å². The van der Waals surface area contributed by atoms with Gasteiger partial charge in [0.25, 0.3) is 0 Å². The Morgan fingerprint density at radius 2 is 2.00 bits per heavy atom. The molecule has 1 aliphatic rings. The first kappa shape index (κ1) is 15.3. The van der Waals surface area contributed by atoms with Crippen molar-refractivity contribution in [3.8, 4) is 0 Å². The molecule has 1 aromatic rings. The average Bonchev–Trinajstić information content (AvgIpc) is 2.93. The lowest BCUT2D eigenvalue weighted by molar-refractivity contribution is -0.128. The van der Waals surface area contributed by atoms with E-state index in [1.54, 1.807) is 11.0 Å². The molecule has 1 aliphatic heterocycles. The summed E-state index contributed by atoms with van der Waals surface area (Å²) in [5.41, 5.74) is 5.82. The van der Waals surface area contributed by atoms with Crippen molar-refractivity contribution in [2.45, 2.75) is 17.7 Å². The van der Waals surface area contributed by atoms with E-state index in [0.29, 0.717) is 17.6 Å². The van der Waals surface area contributed by atoms with Crippen molar-refractivity contribution >= 4 is 37.5 Å². The molecule has 110 valence electrons. The van der Waals surface area contributed by atoms with Gasteiger partial charge in [0, 0.05) is 17.6 Å². The molecular formula is C12H16BrN3O3S. The highest BCUT2D eigenvalue weighted by Gasteiger charge is 2.22. The molecular weight excluding hydrogens is 346 g/mol. The number of rotatable bonds is 4. The Balaban J connectivity index is 2.07. The van der Waals surface area contributed by atoms with E-state index in [1.165, 1.54) is 12.1 Å². The number of nitrogens with zero attached hydrogens (tertiary/aromatic N) is 1. The van der Waals surface area contributed by atoms with Crippen LogP contribution in [-0.4, -0.2) is 38.9 Å². The van der Waals surface area contributed by atoms with Crippen LogP contribution < -0.4 is 10.5 Å². The minimum atomic E-state index is -3.79. The number of amides is 1. The first-order valence-electron chi connectivity index (χ1n) is 6.22. The van der Waals surface area contributed by atoms with Crippen molar-refractivity contribution in [3.63, 3.8) is 0 Å². The molecule has 2 rings (SSSR count). The number of nitrogen functional groups attached to an aromatic ring is 1. The van der Waals surface area contributed by atoms with E-state index < -0.39 is 10.0 Å². The number of anilines is 1. The molecule has 3 N–H and O–H groups in total. The van der Waals surface area contributed by atoms with Crippen LogP contribution in [0.5, 0.6) is 0 Å². The quantitative estimate of drug-likeness (QED) is 0.780. The lowest BCUT2D eigenvalue weighted by Gasteiger charge is -2.16. The number of nitrogens with two attached hydrogens (primary N) is 1. The summed E-state index contributed by atoms with van der Waals surface area (Å²) in [6.07, 6.45) is 1.94. The number of likely N-dealkylation sites (tertiary alicyclic amines) is 1. The highest BCUT2D eigenvalue weighted by molar-refractivity contribution is 9.10. The third-order valence-electron chi connectivity index (χ3n) is 3.14. The Morgan fingerprint density at radius 3 is 2.65 bits per heavy atom. The van der Waals surface area contributed by atoms with E-state index in [4.69, 9.17) is 5.73 Å². The zero-order valence-electron chi connectivity index (χ0n) is 10.8. The van der Waals surface area contributed by atoms with Crippen LogP contribution in [0.3, 0.4) is 0 Å². The van der Waals surface area contributed by atoms with Gasteiger partial charge in [0.05, 0.1) is 12.2 Å². The molecule has 0 saturated carbocycles. The fourth-order valence-electron chi connectivity index (χ4n) is 2.05. The summed E-state index contributed by atoms with van der Waals surface area (Å²) in [7, 11) is -3.79. The Morgan fingerprint density at radius 1 is 1.35 bits per heavy atom. The summed E-state index contributed by atoms with van der Waals surface area (Å²) >= 11 is 3.20. The molecule has 0 bridgehead atoms. The third-order valence-corrected chi connectivity index (χ3v) is 5.09. The monoisotopic (exact) mass is 361 g/mol. The van der Waals surface area contributed by atoms with Gasteiger partial charge in [-0.15, -0.1) is 0 Å². The van der Waals surface area contributed by atoms with Crippen LogP contribution in [0.1, 0.15) is 12.8 Å². The second-order valence-corrected chi connectivity index (χ2v) is 7.25. The molecule has 8 heteroatoms. The molecule has 6 nitrogen and oxygen atoms in total. The summed E-state index contributed by atoms with van der Waals surface area (Å²) in [5.74, 6) is -0.209. The van der Waals surface area contributed by atoms with Crippen molar-refractivity contribution in [3.05, 3.63) is 22.7 Å². The summed E-state index contributed by atoms with van der Waals surface area (Å²) in [6.45, 7) is 1.15. The van der Waals surface area contributed by atoms with Crippen molar-refractivity contribution < 1.29 is 13.2 Å². The van der Waals surface area contributed by atoms with Gasteiger partial charge in [0.2, 0.25) is 15.9 Å². The molecule has 1 amide bonds. The average molecular weight is 362 g/mol. The summed E-state index contributed by atoms with van der Waals surface area (Å²) in [4.78, 5) is 13.5. The van der Waals surface area contributed by atoms with Crippen LogP contribution in [0.4, 0.5) is 5.69 Å². The van der Waals surface area contributed by atoms with Gasteiger partial charge in [-0.05, 0) is 31.0 Å². The van der Waals surface area contributed by atoms with E-state index in [9.17, 15) is 13.2 Å². The predicted molar refractivity (Wildman–Crippen MR) is 79.6 cm³/mol. The number of carbonyl (C=O) groups is 1. The Labute approximate surface area is 126 Å². The van der Waals surface area contributed by atoms with Gasteiger partial charge in [-0.25, -0.2) is 13.1 Å². The maximum Gasteiger partial charge on any atom is 0.243 e. The van der Waals surface area contributed by atoms with E-state index in [-0.39, 0.29) is 23.0 Å². The maximum absolute atomic E-state index is 12.1. The van der Waals surface area contributed by atoms with Crippen LogP contribution in [0.25, 0.3) is 0 Å². The SMILES string of the molecule is Nc1ccc(Br)cc1S(=O)(=O)NCC(=O)N1CCCC1. The van der Waals surface area contributed by atoms with E-state index in [2.05, 4.69) is 20.7 Å². The molecule has 20 heavy (non-hydrogen) atoms. The highest BCUT2D eigenvalue weighted by atomic mass is 79.9. The van der Waals surface area contributed by atoms with Gasteiger partial charge in [-0.2, -0.15) is 0 Å². The van der Waals surface area contributed by atoms with Crippen LogP contribution in [0.2, 0.25) is 0 Å². The number of carbonyl (C=O) groups excluding carboxylic acids is 1. The predicted octanol–water partition coefficient (Wildman–Crippen LogP) is 0.932. The fraction of sp³-hybridized carbons (Fsp3) is 0.417. The molecule has 0 atom stereocenters. The molecule has 0 aromatic heterocycles. The minimum Gasteiger partial charge on any atom is -0.398 e. The zero-order valence-corrected chi connectivity index (χ0v) is 13.2. The lowest BCUT2D eigenvalue weighted by atomic mass is 10.3. The molecule has 1 fully saturated rings. The largest absolute Gasteiger partial charge is 0.398 e. The van der Waals surface area contributed by atoms with Crippen LogP contribution >= 0.6 is 15.9 Å². The molecule has 1 heterocycles. The Hall–Kier alpha value is -1.12. The van der Waals surface area contributed by atoms with E-state index in [1.807, 2.05) is 0 Å². The van der Waals surface area contributed by atoms with Gasteiger partial charge in [-0.1, -0.05) is 15.9 Å². The second-order valence-electron chi connectivity index (χ2n) is 4.59. The van der Waals surface area contributed by atoms with Crippen LogP contribution in [0, 0.1) is 0 Å². The van der Waals surface area contributed by atoms with E-state index in [0.717, 1.165) is 12.8 Å². The maximum atomic E-state index is 12.1. The number of hydrogen-bond donors (Lipinski definition) is 2. The van der Waals surface area contributed by atoms with Crippen molar-refractivity contribution in [2.75, 3.05) is 25.4 Å². The van der Waals surface area contributed by atoms with Crippen molar-refractivity contribution in [1.29, 1.82) is 0 Å². The standard InChI is InChI=1S/C12H16BrN3O3S/c13-9-3-4-10(14)11(7-9)20(18,19)15-8-12(17)16-5-1-2-6-16/h3-4,7,15H,1-2,5-6,8,14H2. The third kappa shape index (κ3) is 3.50. The molecule has 0 unspecified atom stereocenters. The summed E-state index contributed by atoms with van der Waals surface area (Å²) in [6, 6.07) is 4.57. The molecule has 1 saturated heterocycles. The second kappa shape index (κ2) is 6.11. The van der Waals surface area contributed by atoms with Crippen LogP contribution in [-0.2, 0) is 14.8 Å². The molecule has 1 aromatic carbocycles. The number of halogens is 1. The van der Waals surface area contributed by atoms with Gasteiger partial charge in [0.1, 0.15) is 4.90 Å². The number of hydrogen-bond acceptors (Lipinski definition) is 4. The van der Waals surface area contributed by atoms with Crippen molar-refractivity contribution in [1.82, 2.24) is 9.62 Å². The number of benzene rings is 1. The van der Waals surface area contributed by atoms with E-state index >= 15 is 0 Å². The zero-order chi connectivity index (χ0) is 14.8. The van der Waals surface area contributed by atoms with Gasteiger partial charge in [-0.3, -0.25) is 4.79 Å². The van der Waals surface area contributed by atoms with Crippen LogP contribution in [0.15, 0.2) is 27.6 Å².